The van der Waals surface area contributed by atoms with Crippen LogP contribution in [0.5, 0.6) is 0 Å². The van der Waals surface area contributed by atoms with Crippen molar-refractivity contribution in [2.75, 3.05) is 6.61 Å². The Kier molecular flexibility index (Phi) is 6.20. The molecule has 0 aliphatic heterocycles. The summed E-state index contributed by atoms with van der Waals surface area (Å²) in [7, 11) is -1.21. The highest BCUT2D eigenvalue weighted by Crippen LogP contribution is 2.15. The van der Waals surface area contributed by atoms with E-state index in [1.165, 1.54) is 6.08 Å². The van der Waals surface area contributed by atoms with Gasteiger partial charge < -0.3 is 4.74 Å². The van der Waals surface area contributed by atoms with Crippen molar-refractivity contribution in [3.63, 3.8) is 0 Å². The molecule has 80 valence electrons. The van der Waals surface area contributed by atoms with Crippen LogP contribution in [0, 0.1) is 0 Å². The number of rotatable bonds is 6. The van der Waals surface area contributed by atoms with Gasteiger partial charge in [-0.05, 0) is 19.0 Å². The van der Waals surface area contributed by atoms with Gasteiger partial charge in [-0.1, -0.05) is 25.2 Å². The summed E-state index contributed by atoms with van der Waals surface area (Å²) in [4.78, 5) is 11.0. The van der Waals surface area contributed by atoms with Crippen LogP contribution in [0.15, 0.2) is 24.8 Å². The lowest BCUT2D eigenvalue weighted by Crippen LogP contribution is -2.22. The van der Waals surface area contributed by atoms with Gasteiger partial charge in [0.15, 0.2) is 0 Å². The Morgan fingerprint density at radius 3 is 2.57 bits per heavy atom. The van der Waals surface area contributed by atoms with E-state index in [-0.39, 0.29) is 5.97 Å². The molecule has 3 heteroatoms. The molecule has 0 fully saturated rings. The summed E-state index contributed by atoms with van der Waals surface area (Å²) in [5, 5.41) is 0. The molecule has 0 N–H and O–H groups in total. The molecule has 0 aromatic carbocycles. The number of allylic oxidation sites excluding steroid dienone is 2. The fourth-order valence-electron chi connectivity index (χ4n) is 1.14. The number of hydrogen-bond donors (Lipinski definition) is 0. The maximum Gasteiger partial charge on any atom is 0.330 e. The van der Waals surface area contributed by atoms with Crippen molar-refractivity contribution in [1.82, 2.24) is 0 Å². The fourth-order valence-corrected chi connectivity index (χ4v) is 2.84. The molecule has 2 nitrogen and oxygen atoms in total. The largest absolute Gasteiger partial charge is 0.463 e. The Bertz CT molecular complexity index is 219. The molecule has 0 saturated carbocycles. The summed E-state index contributed by atoms with van der Waals surface area (Å²) in [5.74, 6) is -0.240. The summed E-state index contributed by atoms with van der Waals surface area (Å²) in [6, 6.07) is 2.08. The van der Waals surface area contributed by atoms with Gasteiger partial charge in [0, 0.05) is 6.08 Å². The molecule has 0 aromatic rings. The van der Waals surface area contributed by atoms with Crippen LogP contribution in [0.2, 0.25) is 25.2 Å². The van der Waals surface area contributed by atoms with Crippen molar-refractivity contribution < 1.29 is 9.53 Å². The van der Waals surface area contributed by atoms with Crippen molar-refractivity contribution in [3.05, 3.63) is 24.8 Å². The predicted molar refractivity (Wildman–Crippen MR) is 63.1 cm³/mol. The molecular formula is C11H20O2Si. The molecular weight excluding hydrogens is 192 g/mol. The van der Waals surface area contributed by atoms with Crippen molar-refractivity contribution in [2.45, 2.75) is 32.1 Å². The quantitative estimate of drug-likeness (QED) is 0.293. The Balaban J connectivity index is 3.91. The van der Waals surface area contributed by atoms with Crippen LogP contribution in [0.1, 0.15) is 6.92 Å². The van der Waals surface area contributed by atoms with Crippen LogP contribution in [-0.4, -0.2) is 20.7 Å². The van der Waals surface area contributed by atoms with E-state index in [9.17, 15) is 4.79 Å². The average Bonchev–Trinajstić information content (AvgIpc) is 2.03. The smallest absolute Gasteiger partial charge is 0.330 e. The number of hydrogen-bond acceptors (Lipinski definition) is 2. The van der Waals surface area contributed by atoms with Crippen molar-refractivity contribution in [3.8, 4) is 0 Å². The van der Waals surface area contributed by atoms with Gasteiger partial charge in [0.2, 0.25) is 0 Å². The van der Waals surface area contributed by atoms with Crippen molar-refractivity contribution in [1.29, 1.82) is 0 Å². The molecule has 0 aromatic heterocycles. The molecule has 0 amide bonds. The van der Waals surface area contributed by atoms with E-state index in [0.29, 0.717) is 6.61 Å². The van der Waals surface area contributed by atoms with E-state index in [4.69, 9.17) is 4.74 Å². The van der Waals surface area contributed by atoms with Gasteiger partial charge in [-0.25, -0.2) is 4.79 Å². The second-order valence-corrected chi connectivity index (χ2v) is 9.16. The number of carbonyl (C=O) groups is 1. The monoisotopic (exact) mass is 212 g/mol. The Morgan fingerprint density at radius 2 is 2.07 bits per heavy atom. The number of carbonyl (C=O) groups excluding carboxylic acids is 1. The van der Waals surface area contributed by atoms with Gasteiger partial charge in [0.1, 0.15) is 0 Å². The molecule has 0 rings (SSSR count). The summed E-state index contributed by atoms with van der Waals surface area (Å²) < 4.78 is 4.79. The predicted octanol–water partition coefficient (Wildman–Crippen LogP) is 3.00. The highest BCUT2D eigenvalue weighted by atomic mass is 28.3. The topological polar surface area (TPSA) is 26.3 Å². The number of ether oxygens (including phenoxy) is 1. The van der Waals surface area contributed by atoms with Crippen LogP contribution in [-0.2, 0) is 9.53 Å². The average molecular weight is 212 g/mol. The van der Waals surface area contributed by atoms with E-state index in [1.807, 2.05) is 19.1 Å². The van der Waals surface area contributed by atoms with Crippen LogP contribution in [0.4, 0.5) is 0 Å². The molecule has 0 atom stereocenters. The van der Waals surface area contributed by atoms with Gasteiger partial charge in [-0.3, -0.25) is 0 Å². The fraction of sp³-hybridized carbons (Fsp3) is 0.545. The first kappa shape index (κ1) is 13.2. The molecule has 0 spiro atoms. The Hall–Kier alpha value is -0.833. The van der Waals surface area contributed by atoms with Gasteiger partial charge in [-0.15, -0.1) is 6.58 Å². The molecule has 0 saturated heterocycles. The van der Waals surface area contributed by atoms with Crippen LogP contribution in [0.25, 0.3) is 0 Å². The molecule has 0 aliphatic carbocycles. The van der Waals surface area contributed by atoms with Gasteiger partial charge in [-0.2, -0.15) is 0 Å². The first-order valence-electron chi connectivity index (χ1n) is 4.96. The van der Waals surface area contributed by atoms with Gasteiger partial charge in [0.25, 0.3) is 0 Å². The molecule has 0 unspecified atom stereocenters. The van der Waals surface area contributed by atoms with Gasteiger partial charge >= 0.3 is 5.97 Å². The molecule has 0 heterocycles. The summed E-state index contributed by atoms with van der Waals surface area (Å²) >= 11 is 0. The Labute approximate surface area is 87.7 Å². The van der Waals surface area contributed by atoms with Crippen LogP contribution in [0.3, 0.4) is 0 Å². The Morgan fingerprint density at radius 1 is 1.43 bits per heavy atom. The summed E-state index contributed by atoms with van der Waals surface area (Å²) in [6.45, 7) is 10.6. The van der Waals surface area contributed by atoms with Crippen molar-refractivity contribution >= 4 is 14.0 Å². The molecule has 0 bridgehead atoms. The molecule has 0 aliphatic rings. The second kappa shape index (κ2) is 6.60. The third-order valence-electron chi connectivity index (χ3n) is 1.91. The zero-order valence-electron chi connectivity index (χ0n) is 9.38. The minimum absolute atomic E-state index is 0.240. The lowest BCUT2D eigenvalue weighted by molar-refractivity contribution is -0.137. The number of esters is 1. The molecule has 0 radical (unpaired) electrons. The van der Waals surface area contributed by atoms with Crippen LogP contribution < -0.4 is 0 Å². The van der Waals surface area contributed by atoms with Crippen LogP contribution >= 0.6 is 0 Å². The lowest BCUT2D eigenvalue weighted by Gasteiger charge is -2.17. The highest BCUT2D eigenvalue weighted by Gasteiger charge is 2.16. The summed E-state index contributed by atoms with van der Waals surface area (Å²) in [6.07, 6.45) is 5.42. The van der Waals surface area contributed by atoms with E-state index < -0.39 is 8.07 Å². The SMILES string of the molecule is C=CC[Si](C)(C)C/C=C/C(=O)OCC. The normalized spacial score (nSPS) is 11.6. The van der Waals surface area contributed by atoms with Gasteiger partial charge in [0.05, 0.1) is 14.7 Å². The third-order valence-corrected chi connectivity index (χ3v) is 4.64. The highest BCUT2D eigenvalue weighted by molar-refractivity contribution is 6.78. The zero-order valence-corrected chi connectivity index (χ0v) is 10.4. The second-order valence-electron chi connectivity index (χ2n) is 4.02. The maximum atomic E-state index is 11.0. The van der Waals surface area contributed by atoms with E-state index in [2.05, 4.69) is 19.7 Å². The zero-order chi connectivity index (χ0) is 11.0. The minimum atomic E-state index is -1.21. The first-order valence-corrected chi connectivity index (χ1v) is 8.37. The first-order chi connectivity index (χ1) is 6.52. The third kappa shape index (κ3) is 6.66. The minimum Gasteiger partial charge on any atom is -0.463 e. The van der Waals surface area contributed by atoms with E-state index in [0.717, 1.165) is 12.1 Å². The summed E-state index contributed by atoms with van der Waals surface area (Å²) in [5.41, 5.74) is 0. The van der Waals surface area contributed by atoms with E-state index in [1.54, 1.807) is 0 Å². The van der Waals surface area contributed by atoms with Crippen molar-refractivity contribution in [2.24, 2.45) is 0 Å². The standard InChI is InChI=1S/C11H20O2Si/c1-5-9-14(3,4)10-7-8-11(12)13-6-2/h5,7-8H,1,6,9-10H2,2-4H3/b8-7+. The molecule has 14 heavy (non-hydrogen) atoms. The van der Waals surface area contributed by atoms with E-state index >= 15 is 0 Å². The maximum absolute atomic E-state index is 11.0. The lowest BCUT2D eigenvalue weighted by atomic mass is 10.5.